The van der Waals surface area contributed by atoms with E-state index in [1.807, 2.05) is 12.1 Å². The van der Waals surface area contributed by atoms with Crippen LogP contribution in [0, 0.1) is 6.92 Å². The van der Waals surface area contributed by atoms with E-state index in [4.69, 9.17) is 17.3 Å². The minimum atomic E-state index is -0.136. The van der Waals surface area contributed by atoms with Gasteiger partial charge < -0.3 is 5.73 Å². The van der Waals surface area contributed by atoms with Crippen molar-refractivity contribution in [3.63, 3.8) is 0 Å². The maximum Gasteiger partial charge on any atom is 0.0456 e. The highest BCUT2D eigenvalue weighted by Gasteiger charge is 2.35. The number of hydrogen-bond donors (Lipinski definition) is 1. The van der Waals surface area contributed by atoms with Gasteiger partial charge in [0, 0.05) is 10.6 Å². The lowest BCUT2D eigenvalue weighted by molar-refractivity contribution is 0.253. The summed E-state index contributed by atoms with van der Waals surface area (Å²) in [6.07, 6.45) is 3.35. The Bertz CT molecular complexity index is 329. The second kappa shape index (κ2) is 3.00. The van der Waals surface area contributed by atoms with Crippen LogP contribution < -0.4 is 5.73 Å². The average molecular weight is 196 g/mol. The predicted octanol–water partition coefficient (Wildman–Crippen LogP) is 2.99. The van der Waals surface area contributed by atoms with Gasteiger partial charge in [-0.05, 0) is 37.8 Å². The topological polar surface area (TPSA) is 26.0 Å². The van der Waals surface area contributed by atoms with Crippen LogP contribution in [0.15, 0.2) is 18.2 Å². The molecule has 0 bridgehead atoms. The lowest BCUT2D eigenvalue weighted by atomic mass is 9.72. The van der Waals surface area contributed by atoms with Gasteiger partial charge in [0.2, 0.25) is 0 Å². The van der Waals surface area contributed by atoms with E-state index in [0.717, 1.165) is 23.4 Å². The van der Waals surface area contributed by atoms with Crippen molar-refractivity contribution < 1.29 is 0 Å². The number of nitrogens with two attached hydrogens (primary N) is 1. The Kier molecular flexibility index (Phi) is 2.09. The average Bonchev–Trinajstić information content (AvgIpc) is 2.05. The van der Waals surface area contributed by atoms with Crippen LogP contribution in [0.25, 0.3) is 0 Å². The minimum absolute atomic E-state index is 0.136. The Morgan fingerprint density at radius 1 is 1.38 bits per heavy atom. The summed E-state index contributed by atoms with van der Waals surface area (Å²) in [5, 5.41) is 0.813. The summed E-state index contributed by atoms with van der Waals surface area (Å²) in [5.74, 6) is 0. The van der Waals surface area contributed by atoms with Gasteiger partial charge in [-0.2, -0.15) is 0 Å². The summed E-state index contributed by atoms with van der Waals surface area (Å²) in [4.78, 5) is 0. The fourth-order valence-corrected chi connectivity index (χ4v) is 2.15. The minimum Gasteiger partial charge on any atom is -0.321 e. The van der Waals surface area contributed by atoms with Crippen LogP contribution >= 0.6 is 11.6 Å². The fourth-order valence-electron chi connectivity index (χ4n) is 1.85. The molecule has 2 heteroatoms. The zero-order valence-electron chi connectivity index (χ0n) is 7.81. The Morgan fingerprint density at radius 3 is 2.62 bits per heavy atom. The van der Waals surface area contributed by atoms with Crippen LogP contribution in [0.4, 0.5) is 0 Å². The molecule has 1 aliphatic rings. The molecule has 0 unspecified atom stereocenters. The SMILES string of the molecule is Cc1ccc(Cl)c(C2(N)CCC2)c1. The van der Waals surface area contributed by atoms with E-state index in [9.17, 15) is 0 Å². The second-order valence-corrected chi connectivity index (χ2v) is 4.40. The lowest BCUT2D eigenvalue weighted by Crippen LogP contribution is -2.43. The van der Waals surface area contributed by atoms with Gasteiger partial charge in [0.15, 0.2) is 0 Å². The molecule has 1 aliphatic carbocycles. The van der Waals surface area contributed by atoms with Crippen molar-refractivity contribution in [2.24, 2.45) is 5.73 Å². The normalized spacial score (nSPS) is 19.6. The van der Waals surface area contributed by atoms with Gasteiger partial charge in [0.1, 0.15) is 0 Å². The molecule has 0 saturated heterocycles. The van der Waals surface area contributed by atoms with E-state index in [2.05, 4.69) is 13.0 Å². The summed E-state index contributed by atoms with van der Waals surface area (Å²) in [6.45, 7) is 2.07. The van der Waals surface area contributed by atoms with Crippen molar-refractivity contribution in [2.75, 3.05) is 0 Å². The molecule has 0 spiro atoms. The largest absolute Gasteiger partial charge is 0.321 e. The van der Waals surface area contributed by atoms with Crippen molar-refractivity contribution in [3.05, 3.63) is 34.3 Å². The van der Waals surface area contributed by atoms with Crippen LogP contribution in [0.1, 0.15) is 30.4 Å². The predicted molar refractivity (Wildman–Crippen MR) is 55.9 cm³/mol. The summed E-state index contributed by atoms with van der Waals surface area (Å²) >= 11 is 6.11. The molecule has 1 nitrogen and oxygen atoms in total. The number of aryl methyl sites for hydroxylation is 1. The van der Waals surface area contributed by atoms with Crippen LogP contribution in [0.3, 0.4) is 0 Å². The first-order valence-electron chi connectivity index (χ1n) is 4.67. The van der Waals surface area contributed by atoms with Crippen LogP contribution in [-0.4, -0.2) is 0 Å². The molecule has 2 rings (SSSR count). The monoisotopic (exact) mass is 195 g/mol. The molecular formula is C11H14ClN. The molecular weight excluding hydrogens is 182 g/mol. The van der Waals surface area contributed by atoms with Gasteiger partial charge in [-0.3, -0.25) is 0 Å². The first-order chi connectivity index (χ1) is 6.12. The van der Waals surface area contributed by atoms with Crippen molar-refractivity contribution in [3.8, 4) is 0 Å². The number of rotatable bonds is 1. The van der Waals surface area contributed by atoms with Gasteiger partial charge in [0.25, 0.3) is 0 Å². The molecule has 0 heterocycles. The third-order valence-corrected chi connectivity index (χ3v) is 3.23. The highest BCUT2D eigenvalue weighted by molar-refractivity contribution is 6.31. The van der Waals surface area contributed by atoms with Crippen LogP contribution in [0.5, 0.6) is 0 Å². The standard InChI is InChI=1S/C11H14ClN/c1-8-3-4-10(12)9(7-8)11(13)5-2-6-11/h3-4,7H,2,5-6,13H2,1H3. The van der Waals surface area contributed by atoms with E-state index >= 15 is 0 Å². The molecule has 0 aromatic heterocycles. The van der Waals surface area contributed by atoms with Gasteiger partial charge >= 0.3 is 0 Å². The first kappa shape index (κ1) is 9.04. The molecule has 0 radical (unpaired) electrons. The van der Waals surface area contributed by atoms with E-state index in [-0.39, 0.29) is 5.54 Å². The molecule has 1 aromatic carbocycles. The Morgan fingerprint density at radius 2 is 2.08 bits per heavy atom. The number of hydrogen-bond acceptors (Lipinski definition) is 1. The lowest BCUT2D eigenvalue weighted by Gasteiger charge is -2.39. The summed E-state index contributed by atoms with van der Waals surface area (Å²) in [6, 6.07) is 6.08. The zero-order chi connectivity index (χ0) is 9.47. The molecule has 2 N–H and O–H groups in total. The summed E-state index contributed by atoms with van der Waals surface area (Å²) in [5.41, 5.74) is 8.43. The molecule has 1 saturated carbocycles. The highest BCUT2D eigenvalue weighted by Crippen LogP contribution is 2.41. The quantitative estimate of drug-likeness (QED) is 0.733. The zero-order valence-corrected chi connectivity index (χ0v) is 8.56. The smallest absolute Gasteiger partial charge is 0.0456 e. The number of halogens is 1. The molecule has 1 fully saturated rings. The Labute approximate surface area is 83.9 Å². The summed E-state index contributed by atoms with van der Waals surface area (Å²) in [7, 11) is 0. The fraction of sp³-hybridized carbons (Fsp3) is 0.455. The van der Waals surface area contributed by atoms with Gasteiger partial charge in [0.05, 0.1) is 0 Å². The van der Waals surface area contributed by atoms with Crippen molar-refractivity contribution in [1.82, 2.24) is 0 Å². The van der Waals surface area contributed by atoms with Gasteiger partial charge in [-0.15, -0.1) is 0 Å². The third-order valence-electron chi connectivity index (χ3n) is 2.90. The molecule has 0 amide bonds. The maximum absolute atomic E-state index is 6.21. The molecule has 70 valence electrons. The molecule has 13 heavy (non-hydrogen) atoms. The Balaban J connectivity index is 2.43. The van der Waals surface area contributed by atoms with Crippen molar-refractivity contribution >= 4 is 11.6 Å². The number of benzene rings is 1. The first-order valence-corrected chi connectivity index (χ1v) is 5.05. The van der Waals surface area contributed by atoms with E-state index in [1.54, 1.807) is 0 Å². The van der Waals surface area contributed by atoms with Crippen molar-refractivity contribution in [2.45, 2.75) is 31.7 Å². The van der Waals surface area contributed by atoms with Gasteiger partial charge in [-0.25, -0.2) is 0 Å². The molecule has 1 aromatic rings. The molecule has 0 aliphatic heterocycles. The van der Waals surface area contributed by atoms with E-state index in [0.29, 0.717) is 0 Å². The highest BCUT2D eigenvalue weighted by atomic mass is 35.5. The third kappa shape index (κ3) is 1.47. The van der Waals surface area contributed by atoms with Gasteiger partial charge in [-0.1, -0.05) is 29.3 Å². The molecule has 0 atom stereocenters. The summed E-state index contributed by atoms with van der Waals surface area (Å²) < 4.78 is 0. The van der Waals surface area contributed by atoms with Crippen molar-refractivity contribution in [1.29, 1.82) is 0 Å². The second-order valence-electron chi connectivity index (χ2n) is 3.99. The van der Waals surface area contributed by atoms with Crippen LogP contribution in [-0.2, 0) is 5.54 Å². The van der Waals surface area contributed by atoms with E-state index in [1.165, 1.54) is 12.0 Å². The van der Waals surface area contributed by atoms with E-state index < -0.39 is 0 Å². The maximum atomic E-state index is 6.21. The van der Waals surface area contributed by atoms with Crippen LogP contribution in [0.2, 0.25) is 5.02 Å². The Hall–Kier alpha value is -0.530.